The summed E-state index contributed by atoms with van der Waals surface area (Å²) in [6, 6.07) is 2.59. The fourth-order valence-electron chi connectivity index (χ4n) is 2.71. The number of hydrogen-bond acceptors (Lipinski definition) is 3. The minimum absolute atomic E-state index is 0.371. The van der Waals surface area contributed by atoms with E-state index in [1.807, 2.05) is 0 Å². The van der Waals surface area contributed by atoms with Crippen LogP contribution < -0.4 is 10.2 Å². The molecular weight excluding hydrogens is 270 g/mol. The zero-order valence-electron chi connectivity index (χ0n) is 13.0. The fraction of sp³-hybridized carbons (Fsp3) is 0.688. The first-order valence-corrected chi connectivity index (χ1v) is 7.88. The van der Waals surface area contributed by atoms with Crippen LogP contribution in [0, 0.1) is 5.41 Å². The first kappa shape index (κ1) is 15.6. The lowest BCUT2D eigenvalue weighted by Gasteiger charge is -2.38. The van der Waals surface area contributed by atoms with E-state index >= 15 is 0 Å². The smallest absolute Gasteiger partial charge is 0.128 e. The molecule has 0 amide bonds. The zero-order valence-corrected chi connectivity index (χ0v) is 13.8. The van der Waals surface area contributed by atoms with Crippen molar-refractivity contribution >= 4 is 17.4 Å². The third-order valence-corrected chi connectivity index (χ3v) is 4.19. The highest BCUT2D eigenvalue weighted by Crippen LogP contribution is 2.31. The molecule has 1 saturated heterocycles. The van der Waals surface area contributed by atoms with Gasteiger partial charge in [-0.25, -0.2) is 4.98 Å². The maximum absolute atomic E-state index is 6.25. The van der Waals surface area contributed by atoms with Crippen molar-refractivity contribution in [3.05, 3.63) is 22.8 Å². The molecule has 0 aromatic carbocycles. The third kappa shape index (κ3) is 4.10. The molecule has 1 aliphatic rings. The summed E-state index contributed by atoms with van der Waals surface area (Å²) in [5.41, 5.74) is 1.50. The molecule has 2 rings (SSSR count). The Morgan fingerprint density at radius 3 is 2.85 bits per heavy atom. The summed E-state index contributed by atoms with van der Waals surface area (Å²) in [5.74, 6) is 1.06. The number of aromatic nitrogens is 1. The van der Waals surface area contributed by atoms with Gasteiger partial charge in [-0.05, 0) is 29.9 Å². The monoisotopic (exact) mass is 295 g/mol. The molecule has 1 fully saturated rings. The molecule has 0 atom stereocenters. The van der Waals surface area contributed by atoms with Crippen molar-refractivity contribution in [2.45, 2.75) is 53.1 Å². The van der Waals surface area contributed by atoms with E-state index in [-0.39, 0.29) is 0 Å². The van der Waals surface area contributed by atoms with Crippen molar-refractivity contribution in [3.63, 3.8) is 0 Å². The average Bonchev–Trinajstić information content (AvgIpc) is 2.36. The minimum Gasteiger partial charge on any atom is -0.356 e. The van der Waals surface area contributed by atoms with Gasteiger partial charge in [-0.3, -0.25) is 0 Å². The van der Waals surface area contributed by atoms with Crippen molar-refractivity contribution in [2.75, 3.05) is 18.0 Å². The second-order valence-corrected chi connectivity index (χ2v) is 7.27. The van der Waals surface area contributed by atoms with Gasteiger partial charge in [0.1, 0.15) is 5.82 Å². The van der Waals surface area contributed by atoms with Crippen LogP contribution in [0.3, 0.4) is 0 Å². The molecule has 1 aromatic rings. The molecule has 3 nitrogen and oxygen atoms in total. The Morgan fingerprint density at radius 1 is 1.45 bits per heavy atom. The van der Waals surface area contributed by atoms with Crippen molar-refractivity contribution in [1.82, 2.24) is 10.3 Å². The number of piperidine rings is 1. The molecule has 0 unspecified atom stereocenters. The van der Waals surface area contributed by atoms with Crippen LogP contribution in [-0.4, -0.2) is 24.1 Å². The average molecular weight is 296 g/mol. The van der Waals surface area contributed by atoms with Gasteiger partial charge in [0.05, 0.1) is 5.02 Å². The summed E-state index contributed by atoms with van der Waals surface area (Å²) in [5, 5.41) is 4.17. The molecule has 1 aromatic heterocycles. The second-order valence-electron chi connectivity index (χ2n) is 6.86. The predicted molar refractivity (Wildman–Crippen MR) is 86.5 cm³/mol. The Hall–Kier alpha value is -0.800. The highest BCUT2D eigenvalue weighted by atomic mass is 35.5. The van der Waals surface area contributed by atoms with Crippen molar-refractivity contribution in [3.8, 4) is 0 Å². The van der Waals surface area contributed by atoms with Crippen LogP contribution >= 0.6 is 11.6 Å². The van der Waals surface area contributed by atoms with Gasteiger partial charge in [-0.2, -0.15) is 0 Å². The molecule has 0 aliphatic carbocycles. The Balaban J connectivity index is 2.14. The summed E-state index contributed by atoms with van der Waals surface area (Å²) in [6.07, 6.45) is 4.31. The van der Waals surface area contributed by atoms with Crippen LogP contribution in [0.5, 0.6) is 0 Å². The lowest BCUT2D eigenvalue weighted by atomic mass is 9.84. The SMILES string of the molecule is CC(C)NCc1cc(N2CCCC(C)(C)C2)ncc1Cl. The lowest BCUT2D eigenvalue weighted by molar-refractivity contribution is 0.292. The van der Waals surface area contributed by atoms with Crippen LogP contribution in [0.15, 0.2) is 12.3 Å². The number of nitrogens with one attached hydrogen (secondary N) is 1. The highest BCUT2D eigenvalue weighted by Gasteiger charge is 2.27. The van der Waals surface area contributed by atoms with Gasteiger partial charge < -0.3 is 10.2 Å². The molecule has 112 valence electrons. The first-order valence-electron chi connectivity index (χ1n) is 7.50. The Morgan fingerprint density at radius 2 is 2.20 bits per heavy atom. The zero-order chi connectivity index (χ0) is 14.8. The van der Waals surface area contributed by atoms with E-state index in [1.54, 1.807) is 6.20 Å². The molecule has 20 heavy (non-hydrogen) atoms. The summed E-state index contributed by atoms with van der Waals surface area (Å²) in [7, 11) is 0. The molecule has 1 aliphatic heterocycles. The van der Waals surface area contributed by atoms with Crippen molar-refractivity contribution < 1.29 is 0 Å². The van der Waals surface area contributed by atoms with Crippen LogP contribution in [0.4, 0.5) is 5.82 Å². The van der Waals surface area contributed by atoms with Gasteiger partial charge in [-0.1, -0.05) is 39.3 Å². The molecular formula is C16H26ClN3. The lowest BCUT2D eigenvalue weighted by Crippen LogP contribution is -2.40. The Bertz CT molecular complexity index is 457. The van der Waals surface area contributed by atoms with Gasteiger partial charge in [0.15, 0.2) is 0 Å². The molecule has 4 heteroatoms. The molecule has 2 heterocycles. The second kappa shape index (κ2) is 6.31. The number of hydrogen-bond donors (Lipinski definition) is 1. The van der Waals surface area contributed by atoms with E-state index in [9.17, 15) is 0 Å². The fourth-order valence-corrected chi connectivity index (χ4v) is 2.88. The molecule has 1 N–H and O–H groups in total. The summed E-state index contributed by atoms with van der Waals surface area (Å²) >= 11 is 6.25. The number of nitrogens with zero attached hydrogens (tertiary/aromatic N) is 2. The van der Waals surface area contributed by atoms with Gasteiger partial charge in [0.2, 0.25) is 0 Å². The van der Waals surface area contributed by atoms with E-state index in [0.717, 1.165) is 36.0 Å². The van der Waals surface area contributed by atoms with Gasteiger partial charge in [0, 0.05) is 31.9 Å². The van der Waals surface area contributed by atoms with Crippen molar-refractivity contribution in [2.24, 2.45) is 5.41 Å². The molecule has 0 bridgehead atoms. The van der Waals surface area contributed by atoms with Gasteiger partial charge >= 0.3 is 0 Å². The van der Waals surface area contributed by atoms with Gasteiger partial charge in [0.25, 0.3) is 0 Å². The number of halogens is 1. The maximum atomic E-state index is 6.25. The summed E-state index contributed by atoms with van der Waals surface area (Å²) in [6.45, 7) is 11.9. The topological polar surface area (TPSA) is 28.2 Å². The number of anilines is 1. The van der Waals surface area contributed by atoms with E-state index in [1.165, 1.54) is 12.8 Å². The molecule has 0 spiro atoms. The largest absolute Gasteiger partial charge is 0.356 e. The minimum atomic E-state index is 0.371. The maximum Gasteiger partial charge on any atom is 0.128 e. The normalized spacial score (nSPS) is 18.6. The van der Waals surface area contributed by atoms with E-state index < -0.39 is 0 Å². The van der Waals surface area contributed by atoms with E-state index in [2.05, 4.69) is 49.0 Å². The molecule has 0 saturated carbocycles. The first-order chi connectivity index (χ1) is 9.37. The Kier molecular flexibility index (Phi) is 4.92. The predicted octanol–water partition coefficient (Wildman–Crippen LogP) is 3.86. The summed E-state index contributed by atoms with van der Waals surface area (Å²) < 4.78 is 0. The standard InChI is InChI=1S/C16H26ClN3/c1-12(2)18-9-13-8-15(19-10-14(13)17)20-7-5-6-16(3,4)11-20/h8,10,12,18H,5-7,9,11H2,1-4H3. The highest BCUT2D eigenvalue weighted by molar-refractivity contribution is 6.31. The van der Waals surface area contributed by atoms with Crippen LogP contribution in [0.1, 0.15) is 46.1 Å². The van der Waals surface area contributed by atoms with E-state index in [4.69, 9.17) is 11.6 Å². The number of pyridine rings is 1. The van der Waals surface area contributed by atoms with Crippen LogP contribution in [0.25, 0.3) is 0 Å². The summed E-state index contributed by atoms with van der Waals surface area (Å²) in [4.78, 5) is 6.91. The molecule has 0 radical (unpaired) electrons. The third-order valence-electron chi connectivity index (χ3n) is 3.85. The van der Waals surface area contributed by atoms with E-state index in [0.29, 0.717) is 11.5 Å². The van der Waals surface area contributed by atoms with Crippen LogP contribution in [0.2, 0.25) is 5.02 Å². The quantitative estimate of drug-likeness (QED) is 0.914. The van der Waals surface area contributed by atoms with Crippen LogP contribution in [-0.2, 0) is 6.54 Å². The Labute approximate surface area is 127 Å². The number of rotatable bonds is 4. The van der Waals surface area contributed by atoms with Gasteiger partial charge in [-0.15, -0.1) is 0 Å². The van der Waals surface area contributed by atoms with Crippen molar-refractivity contribution in [1.29, 1.82) is 0 Å².